The molecule has 3 aromatic rings. The number of aliphatic hydroxyl groups excluding tert-OH is 1. The fourth-order valence-electron chi connectivity index (χ4n) is 2.67. The molecule has 0 saturated carbocycles. The first-order chi connectivity index (χ1) is 13.7. The highest BCUT2D eigenvalue weighted by molar-refractivity contribution is 7.19. The zero-order valence-corrected chi connectivity index (χ0v) is 15.5. The molecule has 0 aliphatic rings. The number of nitro groups is 2. The van der Waals surface area contributed by atoms with E-state index in [1.807, 2.05) is 0 Å². The van der Waals surface area contributed by atoms with E-state index in [1.54, 1.807) is 30.3 Å². The molecule has 0 spiro atoms. The summed E-state index contributed by atoms with van der Waals surface area (Å²) in [4.78, 5) is 36.9. The Morgan fingerprint density at radius 2 is 1.76 bits per heavy atom. The number of nitrogens with zero attached hydrogens (tertiary/aromatic N) is 4. The standard InChI is InChI=1S/C18H10N4O6S/c1-9-13(21(25)26)6-10(7-14(9)22(27)28)16(23)12(8-19)18-20-17(24)11-4-2-3-5-15(11)29-18/h2-7,23H,1H3. The van der Waals surface area contributed by atoms with Crippen LogP contribution in [0.25, 0.3) is 21.4 Å². The molecule has 1 N–H and O–H groups in total. The van der Waals surface area contributed by atoms with E-state index in [-0.39, 0.29) is 16.1 Å². The molecule has 0 aliphatic heterocycles. The molecule has 0 bridgehead atoms. The number of fused-ring (bicyclic) bond motifs is 1. The number of aromatic nitrogens is 1. The Balaban J connectivity index is 2.30. The average molecular weight is 410 g/mol. The smallest absolute Gasteiger partial charge is 0.279 e. The van der Waals surface area contributed by atoms with Crippen molar-refractivity contribution in [2.24, 2.45) is 0 Å². The van der Waals surface area contributed by atoms with Crippen LogP contribution in [-0.4, -0.2) is 19.9 Å². The number of nitro benzene ring substituents is 2. The van der Waals surface area contributed by atoms with Crippen molar-refractivity contribution in [3.8, 4) is 6.07 Å². The van der Waals surface area contributed by atoms with Crippen molar-refractivity contribution in [2.75, 3.05) is 0 Å². The lowest BCUT2D eigenvalue weighted by atomic mass is 10.0. The predicted octanol–water partition coefficient (Wildman–Crippen LogP) is 3.73. The van der Waals surface area contributed by atoms with Crippen molar-refractivity contribution in [1.82, 2.24) is 4.98 Å². The molecule has 144 valence electrons. The number of rotatable bonds is 4. The van der Waals surface area contributed by atoms with Crippen molar-refractivity contribution in [3.05, 3.63) is 83.1 Å². The van der Waals surface area contributed by atoms with Gasteiger partial charge in [-0.25, -0.2) is 0 Å². The van der Waals surface area contributed by atoms with Crippen LogP contribution < -0.4 is 5.56 Å². The molecule has 11 heteroatoms. The van der Waals surface area contributed by atoms with Crippen LogP contribution in [0.15, 0.2) is 41.2 Å². The van der Waals surface area contributed by atoms with Gasteiger partial charge >= 0.3 is 0 Å². The maximum Gasteiger partial charge on any atom is 0.279 e. The number of hydrogen-bond acceptors (Lipinski definition) is 9. The molecule has 0 fully saturated rings. The molecule has 3 rings (SSSR count). The molecule has 1 heterocycles. The molecular weight excluding hydrogens is 400 g/mol. The second kappa shape index (κ2) is 7.45. The summed E-state index contributed by atoms with van der Waals surface area (Å²) in [5.74, 6) is -0.753. The minimum Gasteiger partial charge on any atom is -0.506 e. The summed E-state index contributed by atoms with van der Waals surface area (Å²) in [5, 5.41) is 42.8. The van der Waals surface area contributed by atoms with Gasteiger partial charge in [0.1, 0.15) is 28.0 Å². The van der Waals surface area contributed by atoms with Gasteiger partial charge in [0.05, 0.1) is 15.2 Å². The van der Waals surface area contributed by atoms with Crippen molar-refractivity contribution < 1.29 is 15.0 Å². The molecule has 1 aromatic heterocycles. The van der Waals surface area contributed by atoms with Gasteiger partial charge in [-0.2, -0.15) is 10.2 Å². The molecular formula is C18H10N4O6S. The van der Waals surface area contributed by atoms with E-state index >= 15 is 0 Å². The largest absolute Gasteiger partial charge is 0.506 e. The lowest BCUT2D eigenvalue weighted by Gasteiger charge is -2.07. The SMILES string of the molecule is Cc1c([N+](=O)[O-])cc(C(O)=C(C#N)c2nc(=O)c3ccccc3s2)cc1[N+](=O)[O-]. The van der Waals surface area contributed by atoms with Crippen LogP contribution in [0.2, 0.25) is 0 Å². The number of benzene rings is 2. The number of aliphatic hydroxyl groups is 1. The summed E-state index contributed by atoms with van der Waals surface area (Å²) in [6, 6.07) is 10.1. The number of hydrogen-bond donors (Lipinski definition) is 1. The topological polar surface area (TPSA) is 160 Å². The molecule has 10 nitrogen and oxygen atoms in total. The third-order valence-corrected chi connectivity index (χ3v) is 5.17. The predicted molar refractivity (Wildman–Crippen MR) is 105 cm³/mol. The van der Waals surface area contributed by atoms with Gasteiger partial charge in [-0.3, -0.25) is 25.0 Å². The van der Waals surface area contributed by atoms with Crippen LogP contribution in [0.3, 0.4) is 0 Å². The maximum absolute atomic E-state index is 12.2. The van der Waals surface area contributed by atoms with Crippen molar-refractivity contribution >= 4 is 44.1 Å². The minimum atomic E-state index is -0.822. The Labute approximate surface area is 165 Å². The summed E-state index contributed by atoms with van der Waals surface area (Å²) < 4.78 is 0.518. The van der Waals surface area contributed by atoms with Gasteiger partial charge in [-0.1, -0.05) is 12.1 Å². The zero-order chi connectivity index (χ0) is 21.3. The highest BCUT2D eigenvalue weighted by atomic mass is 32.1. The van der Waals surface area contributed by atoms with E-state index in [0.29, 0.717) is 10.1 Å². The number of nitriles is 1. The highest BCUT2D eigenvalue weighted by Gasteiger charge is 2.26. The maximum atomic E-state index is 12.2. The van der Waals surface area contributed by atoms with Gasteiger partial charge in [0, 0.05) is 22.4 Å². The van der Waals surface area contributed by atoms with Crippen LogP contribution in [0, 0.1) is 38.5 Å². The third-order valence-electron chi connectivity index (χ3n) is 4.11. The molecule has 29 heavy (non-hydrogen) atoms. The lowest BCUT2D eigenvalue weighted by Crippen LogP contribution is -2.08. The highest BCUT2D eigenvalue weighted by Crippen LogP contribution is 2.34. The van der Waals surface area contributed by atoms with Crippen molar-refractivity contribution in [3.63, 3.8) is 0 Å². The zero-order valence-electron chi connectivity index (χ0n) is 14.6. The van der Waals surface area contributed by atoms with Gasteiger partial charge < -0.3 is 5.11 Å². The van der Waals surface area contributed by atoms with Crippen molar-refractivity contribution in [2.45, 2.75) is 6.92 Å². The molecule has 0 atom stereocenters. The normalized spacial score (nSPS) is 11.6. The second-order valence-electron chi connectivity index (χ2n) is 5.81. The fraction of sp³-hybridized carbons (Fsp3) is 0.0556. The van der Waals surface area contributed by atoms with Gasteiger partial charge in [0.25, 0.3) is 16.9 Å². The Hall–Kier alpha value is -4.17. The quantitative estimate of drug-likeness (QED) is 0.294. The van der Waals surface area contributed by atoms with E-state index in [4.69, 9.17) is 0 Å². The van der Waals surface area contributed by atoms with E-state index in [0.717, 1.165) is 23.5 Å². The first-order valence-corrected chi connectivity index (χ1v) is 8.73. The Bertz CT molecular complexity index is 1290. The van der Waals surface area contributed by atoms with Crippen LogP contribution in [0.5, 0.6) is 0 Å². The average Bonchev–Trinajstić information content (AvgIpc) is 2.68. The minimum absolute atomic E-state index is 0.111. The summed E-state index contributed by atoms with van der Waals surface area (Å²) in [6.45, 7) is 1.21. The molecule has 0 aliphatic carbocycles. The first kappa shape index (κ1) is 19.6. The fourth-order valence-corrected chi connectivity index (χ4v) is 3.66. The van der Waals surface area contributed by atoms with Gasteiger partial charge in [0.15, 0.2) is 0 Å². The van der Waals surface area contributed by atoms with Gasteiger partial charge in [-0.15, -0.1) is 11.3 Å². The summed E-state index contributed by atoms with van der Waals surface area (Å²) in [5.41, 5.74) is -2.71. The molecule has 0 saturated heterocycles. The second-order valence-corrected chi connectivity index (χ2v) is 6.84. The van der Waals surface area contributed by atoms with E-state index < -0.39 is 38.1 Å². The van der Waals surface area contributed by atoms with Gasteiger partial charge in [-0.05, 0) is 19.1 Å². The van der Waals surface area contributed by atoms with Crippen LogP contribution >= 0.6 is 11.3 Å². The molecule has 2 aromatic carbocycles. The number of allylic oxidation sites excluding steroid dienone is 1. The van der Waals surface area contributed by atoms with E-state index in [1.165, 1.54) is 6.92 Å². The molecule has 0 unspecified atom stereocenters. The Morgan fingerprint density at radius 3 is 2.31 bits per heavy atom. The molecule has 0 radical (unpaired) electrons. The molecule has 0 amide bonds. The van der Waals surface area contributed by atoms with Crippen LogP contribution in [0.1, 0.15) is 16.1 Å². The first-order valence-electron chi connectivity index (χ1n) is 7.92. The van der Waals surface area contributed by atoms with E-state index in [2.05, 4.69) is 4.98 Å². The summed E-state index contributed by atoms with van der Waals surface area (Å²) >= 11 is 0.962. The summed E-state index contributed by atoms with van der Waals surface area (Å²) in [7, 11) is 0. The Morgan fingerprint density at radius 1 is 1.17 bits per heavy atom. The monoisotopic (exact) mass is 410 g/mol. The van der Waals surface area contributed by atoms with E-state index in [9.17, 15) is 35.4 Å². The Kier molecular flexibility index (Phi) is 5.03. The van der Waals surface area contributed by atoms with Gasteiger partial charge in [0.2, 0.25) is 0 Å². The lowest BCUT2D eigenvalue weighted by molar-refractivity contribution is -0.395. The van der Waals surface area contributed by atoms with Crippen LogP contribution in [0.4, 0.5) is 11.4 Å². The third kappa shape index (κ3) is 3.52. The van der Waals surface area contributed by atoms with Crippen molar-refractivity contribution in [1.29, 1.82) is 5.26 Å². The summed E-state index contributed by atoms with van der Waals surface area (Å²) in [6.07, 6.45) is 0. The van der Waals surface area contributed by atoms with Crippen LogP contribution in [-0.2, 0) is 0 Å².